The highest BCUT2D eigenvalue weighted by Gasteiger charge is 2.23. The van der Waals surface area contributed by atoms with Crippen LogP contribution in [0.4, 0.5) is 0 Å². The van der Waals surface area contributed by atoms with Crippen molar-refractivity contribution in [1.29, 1.82) is 0 Å². The Labute approximate surface area is 142 Å². The molecule has 0 aliphatic carbocycles. The fourth-order valence-electron chi connectivity index (χ4n) is 2.51. The van der Waals surface area contributed by atoms with Crippen LogP contribution in [-0.2, 0) is 18.9 Å². The first-order chi connectivity index (χ1) is 11.6. The summed E-state index contributed by atoms with van der Waals surface area (Å²) in [7, 11) is 2.80. The van der Waals surface area contributed by atoms with Crippen LogP contribution in [0.25, 0.3) is 11.0 Å². The van der Waals surface area contributed by atoms with Crippen molar-refractivity contribution in [2.45, 2.75) is 26.3 Å². The summed E-state index contributed by atoms with van der Waals surface area (Å²) in [5, 5.41) is 11.8. The molecule has 0 radical (unpaired) electrons. The Kier molecular flexibility index (Phi) is 5.05. The van der Waals surface area contributed by atoms with Crippen LogP contribution in [0.1, 0.15) is 30.8 Å². The number of carboxylic acid groups (broad SMARTS) is 1. The molecule has 25 heavy (non-hydrogen) atoms. The molecule has 2 rings (SSSR count). The Balaban J connectivity index is 2.45. The maximum absolute atomic E-state index is 12.3. The Morgan fingerprint density at radius 2 is 1.84 bits per heavy atom. The van der Waals surface area contributed by atoms with Gasteiger partial charge in [0.1, 0.15) is 17.4 Å². The van der Waals surface area contributed by atoms with Gasteiger partial charge in [-0.25, -0.2) is 14.6 Å². The maximum atomic E-state index is 12.3. The first-order valence-corrected chi connectivity index (χ1v) is 7.74. The van der Waals surface area contributed by atoms with E-state index < -0.39 is 29.2 Å². The van der Waals surface area contributed by atoms with Gasteiger partial charge in [0.15, 0.2) is 0 Å². The molecule has 0 aliphatic heterocycles. The number of amides is 1. The molecule has 0 fully saturated rings. The van der Waals surface area contributed by atoms with Gasteiger partial charge in [-0.15, -0.1) is 0 Å². The Morgan fingerprint density at radius 1 is 1.20 bits per heavy atom. The van der Waals surface area contributed by atoms with Crippen molar-refractivity contribution in [3.63, 3.8) is 0 Å². The summed E-state index contributed by atoms with van der Waals surface area (Å²) in [5.74, 6) is -1.73. The summed E-state index contributed by atoms with van der Waals surface area (Å²) in [4.78, 5) is 51.8. The number of rotatable bonds is 5. The molecule has 1 amide bonds. The van der Waals surface area contributed by atoms with Crippen molar-refractivity contribution in [3.8, 4) is 0 Å². The van der Waals surface area contributed by atoms with Gasteiger partial charge in [0, 0.05) is 14.1 Å². The van der Waals surface area contributed by atoms with Crippen molar-refractivity contribution in [2.24, 2.45) is 20.0 Å². The highest BCUT2D eigenvalue weighted by molar-refractivity contribution is 5.96. The average molecular weight is 348 g/mol. The summed E-state index contributed by atoms with van der Waals surface area (Å²) in [6.45, 7) is 3.70. The van der Waals surface area contributed by atoms with Crippen LogP contribution in [-0.4, -0.2) is 37.1 Å². The van der Waals surface area contributed by atoms with E-state index in [0.717, 1.165) is 9.13 Å². The lowest BCUT2D eigenvalue weighted by molar-refractivity contribution is -0.139. The fraction of sp³-hybridized carbons (Fsp3) is 0.438. The number of fused-ring (bicyclic) bond motifs is 1. The monoisotopic (exact) mass is 348 g/mol. The molecule has 0 spiro atoms. The topological polar surface area (TPSA) is 123 Å². The standard InChI is InChI=1S/C16H20N4O5/c1-8(2)7-11(15(23)24)18-13(21)10-6-5-9-12(17-10)19(3)16(25)20(4)14(9)22/h5-6,8,11H,7H2,1-4H3,(H,18,21)(H,23,24)/t11-/m1/s1. The number of aryl methyl sites for hydroxylation is 1. The van der Waals surface area contributed by atoms with Crippen molar-refractivity contribution in [2.75, 3.05) is 0 Å². The lowest BCUT2D eigenvalue weighted by Crippen LogP contribution is -2.42. The first kappa shape index (κ1) is 18.4. The minimum absolute atomic E-state index is 0.0641. The smallest absolute Gasteiger partial charge is 0.332 e. The van der Waals surface area contributed by atoms with E-state index in [0.29, 0.717) is 0 Å². The SMILES string of the molecule is CC(C)C[C@@H](NC(=O)c1ccc2c(=O)n(C)c(=O)n(C)c2n1)C(=O)O. The van der Waals surface area contributed by atoms with Crippen molar-refractivity contribution < 1.29 is 14.7 Å². The van der Waals surface area contributed by atoms with E-state index in [1.54, 1.807) is 0 Å². The van der Waals surface area contributed by atoms with E-state index in [4.69, 9.17) is 0 Å². The van der Waals surface area contributed by atoms with E-state index in [9.17, 15) is 24.3 Å². The molecule has 2 N–H and O–H groups in total. The quantitative estimate of drug-likeness (QED) is 0.775. The normalized spacial score (nSPS) is 12.4. The second-order valence-corrected chi connectivity index (χ2v) is 6.27. The number of hydrogen-bond acceptors (Lipinski definition) is 5. The number of carbonyl (C=O) groups is 2. The van der Waals surface area contributed by atoms with Crippen LogP contribution in [0, 0.1) is 5.92 Å². The molecular formula is C16H20N4O5. The molecule has 9 nitrogen and oxygen atoms in total. The molecule has 0 unspecified atom stereocenters. The summed E-state index contributed by atoms with van der Waals surface area (Å²) in [5.41, 5.74) is -1.08. The lowest BCUT2D eigenvalue weighted by Gasteiger charge is -2.16. The third kappa shape index (κ3) is 3.59. The third-order valence-electron chi connectivity index (χ3n) is 3.84. The largest absolute Gasteiger partial charge is 0.480 e. The van der Waals surface area contributed by atoms with E-state index in [2.05, 4.69) is 10.3 Å². The van der Waals surface area contributed by atoms with Crippen LogP contribution >= 0.6 is 0 Å². The Hall–Kier alpha value is -2.97. The fourth-order valence-corrected chi connectivity index (χ4v) is 2.51. The highest BCUT2D eigenvalue weighted by Crippen LogP contribution is 2.09. The molecule has 2 heterocycles. The molecule has 134 valence electrons. The van der Waals surface area contributed by atoms with Crippen molar-refractivity contribution >= 4 is 22.9 Å². The number of carbonyl (C=O) groups excluding carboxylic acids is 1. The van der Waals surface area contributed by atoms with E-state index in [1.807, 2.05) is 13.8 Å². The van der Waals surface area contributed by atoms with E-state index >= 15 is 0 Å². The van der Waals surface area contributed by atoms with Gasteiger partial charge < -0.3 is 10.4 Å². The number of aliphatic carboxylic acids is 1. The predicted octanol–water partition coefficient (Wildman–Crippen LogP) is -0.139. The second kappa shape index (κ2) is 6.88. The van der Waals surface area contributed by atoms with E-state index in [-0.39, 0.29) is 29.1 Å². The van der Waals surface area contributed by atoms with Crippen molar-refractivity contribution in [3.05, 3.63) is 38.7 Å². The lowest BCUT2D eigenvalue weighted by atomic mass is 10.0. The molecule has 0 saturated carbocycles. The average Bonchev–Trinajstić information content (AvgIpc) is 2.56. The summed E-state index contributed by atoms with van der Waals surface area (Å²) in [6.07, 6.45) is 0.272. The van der Waals surface area contributed by atoms with Gasteiger partial charge >= 0.3 is 11.7 Å². The number of nitrogens with one attached hydrogen (secondary N) is 1. The molecule has 0 saturated heterocycles. The minimum atomic E-state index is -1.14. The molecule has 2 aromatic heterocycles. The zero-order valence-electron chi connectivity index (χ0n) is 14.4. The van der Waals surface area contributed by atoms with Crippen LogP contribution in [0.5, 0.6) is 0 Å². The van der Waals surface area contributed by atoms with Gasteiger partial charge in [-0.3, -0.25) is 18.7 Å². The molecule has 0 bridgehead atoms. The summed E-state index contributed by atoms with van der Waals surface area (Å²) in [6, 6.07) is 1.69. The van der Waals surface area contributed by atoms with Crippen molar-refractivity contribution in [1.82, 2.24) is 19.4 Å². The van der Waals surface area contributed by atoms with Gasteiger partial charge in [0.05, 0.1) is 5.39 Å². The van der Waals surface area contributed by atoms with Crippen LogP contribution in [0.2, 0.25) is 0 Å². The maximum Gasteiger partial charge on any atom is 0.332 e. The Morgan fingerprint density at radius 3 is 2.40 bits per heavy atom. The Bertz CT molecular complexity index is 957. The number of pyridine rings is 1. The number of aromatic nitrogens is 3. The van der Waals surface area contributed by atoms with Crippen LogP contribution in [0.15, 0.2) is 21.7 Å². The first-order valence-electron chi connectivity index (χ1n) is 7.74. The zero-order valence-corrected chi connectivity index (χ0v) is 14.4. The molecule has 1 atom stereocenters. The summed E-state index contributed by atoms with van der Waals surface area (Å²) < 4.78 is 2.11. The summed E-state index contributed by atoms with van der Waals surface area (Å²) >= 11 is 0. The number of nitrogens with zero attached hydrogens (tertiary/aromatic N) is 3. The molecule has 2 aromatic rings. The number of hydrogen-bond donors (Lipinski definition) is 2. The zero-order chi connectivity index (χ0) is 18.9. The van der Waals surface area contributed by atoms with Gasteiger partial charge in [0.25, 0.3) is 11.5 Å². The second-order valence-electron chi connectivity index (χ2n) is 6.27. The minimum Gasteiger partial charge on any atom is -0.480 e. The van der Waals surface area contributed by atoms with Gasteiger partial charge in [-0.1, -0.05) is 13.8 Å². The van der Waals surface area contributed by atoms with Crippen LogP contribution < -0.4 is 16.6 Å². The molecule has 9 heteroatoms. The predicted molar refractivity (Wildman–Crippen MR) is 90.6 cm³/mol. The molecule has 0 aromatic carbocycles. The van der Waals surface area contributed by atoms with Gasteiger partial charge in [0.2, 0.25) is 0 Å². The van der Waals surface area contributed by atoms with E-state index in [1.165, 1.54) is 26.2 Å². The van der Waals surface area contributed by atoms with Crippen LogP contribution in [0.3, 0.4) is 0 Å². The van der Waals surface area contributed by atoms with Gasteiger partial charge in [-0.2, -0.15) is 0 Å². The number of carboxylic acids is 1. The molecule has 0 aliphatic rings. The third-order valence-corrected chi connectivity index (χ3v) is 3.84. The highest BCUT2D eigenvalue weighted by atomic mass is 16.4. The molecular weight excluding hydrogens is 328 g/mol. The van der Waals surface area contributed by atoms with Gasteiger partial charge in [-0.05, 0) is 24.5 Å².